The molecule has 3 rings (SSSR count). The molecule has 3 aromatic rings. The molecule has 0 aliphatic heterocycles. The van der Waals surface area contributed by atoms with Gasteiger partial charge in [-0.15, -0.1) is 0 Å². The van der Waals surface area contributed by atoms with E-state index in [9.17, 15) is 4.79 Å². The zero-order valence-corrected chi connectivity index (χ0v) is 16.5. The summed E-state index contributed by atoms with van der Waals surface area (Å²) in [7, 11) is 1.66. The van der Waals surface area contributed by atoms with Crippen LogP contribution in [0.3, 0.4) is 0 Å². The number of halogens is 1. The molecular weight excluding hydrogens is 396 g/mol. The number of aryl methyl sites for hydroxylation is 2. The van der Waals surface area contributed by atoms with Gasteiger partial charge in [-0.3, -0.25) is 4.79 Å². The normalized spacial score (nSPS) is 10.9. The Kier molecular flexibility index (Phi) is 5.99. The SMILES string of the molecule is CCOC(=O)Cc1c(CCc2ccc(OC)cc2)oc2ccc(Br)cc12. The van der Waals surface area contributed by atoms with E-state index in [1.165, 1.54) is 5.56 Å². The van der Waals surface area contributed by atoms with Crippen molar-refractivity contribution < 1.29 is 18.7 Å². The van der Waals surface area contributed by atoms with Gasteiger partial charge in [0.2, 0.25) is 0 Å². The highest BCUT2D eigenvalue weighted by Crippen LogP contribution is 2.30. The van der Waals surface area contributed by atoms with E-state index in [1.807, 2.05) is 49.4 Å². The molecule has 0 aliphatic carbocycles. The Labute approximate surface area is 161 Å². The topological polar surface area (TPSA) is 48.7 Å². The first-order chi connectivity index (χ1) is 12.6. The average Bonchev–Trinajstić information content (AvgIpc) is 2.97. The van der Waals surface area contributed by atoms with Crippen molar-refractivity contribution in [3.8, 4) is 5.75 Å². The summed E-state index contributed by atoms with van der Waals surface area (Å²) in [6.45, 7) is 2.19. The minimum Gasteiger partial charge on any atom is -0.497 e. The summed E-state index contributed by atoms with van der Waals surface area (Å²) in [6.07, 6.45) is 1.75. The maximum Gasteiger partial charge on any atom is 0.310 e. The van der Waals surface area contributed by atoms with Gasteiger partial charge < -0.3 is 13.9 Å². The van der Waals surface area contributed by atoms with E-state index in [-0.39, 0.29) is 12.4 Å². The number of hydrogen-bond donors (Lipinski definition) is 0. The molecule has 0 aliphatic rings. The van der Waals surface area contributed by atoms with Gasteiger partial charge >= 0.3 is 5.97 Å². The largest absolute Gasteiger partial charge is 0.497 e. The van der Waals surface area contributed by atoms with Gasteiger partial charge in [-0.25, -0.2) is 0 Å². The van der Waals surface area contributed by atoms with E-state index in [0.29, 0.717) is 13.0 Å². The maximum atomic E-state index is 12.0. The molecule has 5 heteroatoms. The van der Waals surface area contributed by atoms with Crippen molar-refractivity contribution in [2.24, 2.45) is 0 Å². The lowest BCUT2D eigenvalue weighted by molar-refractivity contribution is -0.142. The van der Waals surface area contributed by atoms with Gasteiger partial charge in [0, 0.05) is 21.8 Å². The quantitative estimate of drug-likeness (QED) is 0.503. The van der Waals surface area contributed by atoms with Crippen LogP contribution in [-0.4, -0.2) is 19.7 Å². The molecule has 0 N–H and O–H groups in total. The van der Waals surface area contributed by atoms with E-state index in [4.69, 9.17) is 13.9 Å². The van der Waals surface area contributed by atoms with Crippen molar-refractivity contribution in [3.63, 3.8) is 0 Å². The molecule has 0 saturated heterocycles. The zero-order chi connectivity index (χ0) is 18.5. The maximum absolute atomic E-state index is 12.0. The predicted molar refractivity (Wildman–Crippen MR) is 105 cm³/mol. The molecule has 1 aromatic heterocycles. The Morgan fingerprint density at radius 2 is 1.88 bits per heavy atom. The van der Waals surface area contributed by atoms with E-state index in [1.54, 1.807) is 7.11 Å². The lowest BCUT2D eigenvalue weighted by atomic mass is 10.0. The highest BCUT2D eigenvalue weighted by Gasteiger charge is 2.18. The van der Waals surface area contributed by atoms with Crippen LogP contribution >= 0.6 is 15.9 Å². The van der Waals surface area contributed by atoms with Gasteiger partial charge in [-0.05, 0) is 49.2 Å². The first kappa shape index (κ1) is 18.5. The number of benzene rings is 2. The Hall–Kier alpha value is -2.27. The molecule has 0 fully saturated rings. The molecule has 0 bridgehead atoms. The van der Waals surface area contributed by atoms with Gasteiger partial charge in [0.1, 0.15) is 17.1 Å². The molecule has 26 heavy (non-hydrogen) atoms. The summed E-state index contributed by atoms with van der Waals surface area (Å²) in [6, 6.07) is 13.8. The van der Waals surface area contributed by atoms with Crippen LogP contribution < -0.4 is 4.74 Å². The van der Waals surface area contributed by atoms with Crippen molar-refractivity contribution in [2.75, 3.05) is 13.7 Å². The third kappa shape index (κ3) is 4.28. The summed E-state index contributed by atoms with van der Waals surface area (Å²) < 4.78 is 17.3. The fourth-order valence-electron chi connectivity index (χ4n) is 2.97. The number of furan rings is 1. The van der Waals surface area contributed by atoms with E-state index in [0.717, 1.165) is 38.9 Å². The first-order valence-electron chi connectivity index (χ1n) is 8.59. The van der Waals surface area contributed by atoms with E-state index in [2.05, 4.69) is 15.9 Å². The molecule has 0 saturated carbocycles. The molecule has 2 aromatic carbocycles. The van der Waals surface area contributed by atoms with Gasteiger partial charge in [0.15, 0.2) is 0 Å². The van der Waals surface area contributed by atoms with Gasteiger partial charge in [-0.1, -0.05) is 28.1 Å². The summed E-state index contributed by atoms with van der Waals surface area (Å²) in [5.41, 5.74) is 2.89. The van der Waals surface area contributed by atoms with Gasteiger partial charge in [-0.2, -0.15) is 0 Å². The van der Waals surface area contributed by atoms with Crippen LogP contribution in [-0.2, 0) is 28.8 Å². The van der Waals surface area contributed by atoms with Crippen molar-refractivity contribution >= 4 is 32.9 Å². The van der Waals surface area contributed by atoms with Crippen LogP contribution in [0.5, 0.6) is 5.75 Å². The number of carbonyl (C=O) groups excluding carboxylic acids is 1. The highest BCUT2D eigenvalue weighted by molar-refractivity contribution is 9.10. The molecular formula is C21H21BrO4. The van der Waals surface area contributed by atoms with Crippen molar-refractivity contribution in [2.45, 2.75) is 26.2 Å². The number of fused-ring (bicyclic) bond motifs is 1. The van der Waals surface area contributed by atoms with Crippen LogP contribution in [0.1, 0.15) is 23.8 Å². The molecule has 1 heterocycles. The van der Waals surface area contributed by atoms with Crippen molar-refractivity contribution in [1.82, 2.24) is 0 Å². The Morgan fingerprint density at radius 1 is 1.12 bits per heavy atom. The van der Waals surface area contributed by atoms with E-state index >= 15 is 0 Å². The van der Waals surface area contributed by atoms with Gasteiger partial charge in [0.05, 0.1) is 20.1 Å². The Morgan fingerprint density at radius 3 is 2.58 bits per heavy atom. The molecule has 136 valence electrons. The van der Waals surface area contributed by atoms with E-state index < -0.39 is 0 Å². The molecule has 0 radical (unpaired) electrons. The first-order valence-corrected chi connectivity index (χ1v) is 9.38. The number of ether oxygens (including phenoxy) is 2. The zero-order valence-electron chi connectivity index (χ0n) is 14.9. The summed E-state index contributed by atoms with van der Waals surface area (Å²) in [4.78, 5) is 12.0. The number of carbonyl (C=O) groups is 1. The van der Waals surface area contributed by atoms with Crippen molar-refractivity contribution in [3.05, 3.63) is 63.8 Å². The summed E-state index contributed by atoms with van der Waals surface area (Å²) in [5, 5.41) is 0.956. The molecule has 0 unspecified atom stereocenters. The standard InChI is InChI=1S/C21H21BrO4/c1-3-25-21(23)13-18-17-12-15(22)7-11-20(17)26-19(18)10-6-14-4-8-16(24-2)9-5-14/h4-5,7-9,11-12H,3,6,10,13H2,1-2H3. The average molecular weight is 417 g/mol. The molecule has 0 spiro atoms. The number of hydrogen-bond acceptors (Lipinski definition) is 4. The monoisotopic (exact) mass is 416 g/mol. The van der Waals surface area contributed by atoms with Crippen LogP contribution in [0, 0.1) is 0 Å². The summed E-state index contributed by atoms with van der Waals surface area (Å²) in [5.74, 6) is 1.44. The van der Waals surface area contributed by atoms with Crippen molar-refractivity contribution in [1.29, 1.82) is 0 Å². The van der Waals surface area contributed by atoms with Crippen LogP contribution in [0.15, 0.2) is 51.4 Å². The fourth-order valence-corrected chi connectivity index (χ4v) is 3.33. The lowest BCUT2D eigenvalue weighted by Crippen LogP contribution is -2.08. The second-order valence-electron chi connectivity index (χ2n) is 5.97. The lowest BCUT2D eigenvalue weighted by Gasteiger charge is -2.05. The number of rotatable bonds is 7. The predicted octanol–water partition coefficient (Wildman–Crippen LogP) is 5.09. The van der Waals surface area contributed by atoms with Crippen LogP contribution in [0.2, 0.25) is 0 Å². The smallest absolute Gasteiger partial charge is 0.310 e. The Balaban J connectivity index is 1.86. The Bertz CT molecular complexity index is 896. The second kappa shape index (κ2) is 8.41. The minimum absolute atomic E-state index is 0.217. The van der Waals surface area contributed by atoms with Gasteiger partial charge in [0.25, 0.3) is 0 Å². The van der Waals surface area contributed by atoms with Crippen LogP contribution in [0.4, 0.5) is 0 Å². The second-order valence-corrected chi connectivity index (χ2v) is 6.89. The molecule has 4 nitrogen and oxygen atoms in total. The summed E-state index contributed by atoms with van der Waals surface area (Å²) >= 11 is 3.49. The van der Waals surface area contributed by atoms with Crippen LogP contribution in [0.25, 0.3) is 11.0 Å². The third-order valence-electron chi connectivity index (χ3n) is 4.26. The number of methoxy groups -OCH3 is 1. The highest BCUT2D eigenvalue weighted by atomic mass is 79.9. The minimum atomic E-state index is -0.235. The third-order valence-corrected chi connectivity index (χ3v) is 4.76. The molecule has 0 amide bonds. The number of esters is 1. The fraction of sp³-hybridized carbons (Fsp3) is 0.286. The molecule has 0 atom stereocenters.